The van der Waals surface area contributed by atoms with Crippen molar-refractivity contribution in [2.24, 2.45) is 12.0 Å². The van der Waals surface area contributed by atoms with E-state index in [0.29, 0.717) is 36.6 Å². The molecule has 2 aliphatic heterocycles. The Morgan fingerprint density at radius 1 is 1.35 bits per heavy atom. The fourth-order valence-electron chi connectivity index (χ4n) is 3.99. The second kappa shape index (κ2) is 6.63. The third kappa shape index (κ3) is 3.19. The van der Waals surface area contributed by atoms with Gasteiger partial charge in [0.1, 0.15) is 5.54 Å². The highest BCUT2D eigenvalue weighted by molar-refractivity contribution is 7.89. The zero-order chi connectivity index (χ0) is 22.0. The van der Waals surface area contributed by atoms with Crippen LogP contribution in [0, 0.1) is 11.3 Å². The molecule has 0 saturated heterocycles. The van der Waals surface area contributed by atoms with Gasteiger partial charge in [0.15, 0.2) is 0 Å². The summed E-state index contributed by atoms with van der Waals surface area (Å²) in [4.78, 5) is 21.5. The molecule has 1 fully saturated rings. The van der Waals surface area contributed by atoms with Crippen molar-refractivity contribution in [2.45, 2.75) is 42.8 Å². The van der Waals surface area contributed by atoms with Crippen molar-refractivity contribution >= 4 is 27.6 Å². The molecule has 1 aromatic carbocycles. The number of rotatable bonds is 5. The summed E-state index contributed by atoms with van der Waals surface area (Å²) in [7, 11) is -2.14. The Morgan fingerprint density at radius 3 is 2.77 bits per heavy atom. The Labute approximate surface area is 179 Å². The minimum Gasteiger partial charge on any atom is -0.307 e. The Bertz CT molecular complexity index is 1270. The number of anilines is 1. The van der Waals surface area contributed by atoms with Crippen molar-refractivity contribution in [3.05, 3.63) is 41.7 Å². The van der Waals surface area contributed by atoms with Gasteiger partial charge in [-0.1, -0.05) is 0 Å². The Balaban J connectivity index is 1.55. The quantitative estimate of drug-likeness (QED) is 0.741. The van der Waals surface area contributed by atoms with Crippen LogP contribution in [0.1, 0.15) is 35.7 Å². The first-order chi connectivity index (χ1) is 14.7. The van der Waals surface area contributed by atoms with E-state index in [9.17, 15) is 18.5 Å². The number of fused-ring (bicyclic) bond motifs is 3. The van der Waals surface area contributed by atoms with Gasteiger partial charge >= 0.3 is 0 Å². The van der Waals surface area contributed by atoms with Gasteiger partial charge in [0, 0.05) is 18.8 Å². The van der Waals surface area contributed by atoms with Crippen LogP contribution in [0.4, 0.5) is 5.69 Å². The summed E-state index contributed by atoms with van der Waals surface area (Å²) in [6.45, 7) is 2.83. The normalized spacial score (nSPS) is 21.4. The van der Waals surface area contributed by atoms with Crippen molar-refractivity contribution in [1.82, 2.24) is 19.4 Å². The molecule has 1 saturated carbocycles. The van der Waals surface area contributed by atoms with Gasteiger partial charge in [0.25, 0.3) is 5.91 Å². The third-order valence-corrected chi connectivity index (χ3v) is 7.33. The van der Waals surface area contributed by atoms with E-state index in [-0.39, 0.29) is 23.4 Å². The summed E-state index contributed by atoms with van der Waals surface area (Å²) < 4.78 is 29.9. The average molecular weight is 440 g/mol. The minimum absolute atomic E-state index is 0.0327. The van der Waals surface area contributed by atoms with E-state index < -0.39 is 15.6 Å². The predicted octanol–water partition coefficient (Wildman–Crippen LogP) is 0.975. The summed E-state index contributed by atoms with van der Waals surface area (Å²) in [5.41, 5.74) is 0.739. The predicted molar refractivity (Wildman–Crippen MR) is 112 cm³/mol. The number of nitriles is 1. The lowest BCUT2D eigenvalue weighted by Gasteiger charge is -2.37. The molecule has 2 aromatic rings. The number of hydrogen-bond donors (Lipinski definition) is 1. The van der Waals surface area contributed by atoms with Crippen molar-refractivity contribution < 1.29 is 13.2 Å². The molecule has 1 amide bonds. The molecule has 0 spiro atoms. The Kier molecular flexibility index (Phi) is 4.22. The highest BCUT2D eigenvalue weighted by Gasteiger charge is 2.47. The number of guanidine groups is 1. The van der Waals surface area contributed by atoms with E-state index in [0.717, 1.165) is 5.56 Å². The number of carbonyl (C=O) groups is 1. The summed E-state index contributed by atoms with van der Waals surface area (Å²) in [5, 5.41) is 13.4. The van der Waals surface area contributed by atoms with Crippen LogP contribution in [-0.2, 0) is 23.6 Å². The lowest BCUT2D eigenvalue weighted by molar-refractivity contribution is 0.0833. The van der Waals surface area contributed by atoms with E-state index >= 15 is 0 Å². The zero-order valence-corrected chi connectivity index (χ0v) is 17.9. The smallest absolute Gasteiger partial charge is 0.263 e. The first-order valence-corrected chi connectivity index (χ1v) is 11.4. The number of carbonyl (C=O) groups excluding carboxylic acids is 1. The number of hydrogen-bond acceptors (Lipinski definition) is 7. The summed E-state index contributed by atoms with van der Waals surface area (Å²) >= 11 is 0. The van der Waals surface area contributed by atoms with Gasteiger partial charge in [-0.2, -0.15) is 15.1 Å². The van der Waals surface area contributed by atoms with E-state index in [2.05, 4.69) is 14.8 Å². The van der Waals surface area contributed by atoms with Gasteiger partial charge in [0.2, 0.25) is 16.0 Å². The Morgan fingerprint density at radius 2 is 2.13 bits per heavy atom. The molecule has 160 valence electrons. The minimum atomic E-state index is -3.94. The van der Waals surface area contributed by atoms with Gasteiger partial charge < -0.3 is 4.90 Å². The van der Waals surface area contributed by atoms with Crippen LogP contribution < -0.4 is 9.62 Å². The third-order valence-electron chi connectivity index (χ3n) is 5.80. The van der Waals surface area contributed by atoms with E-state index in [1.807, 2.05) is 24.1 Å². The van der Waals surface area contributed by atoms with Crippen LogP contribution in [0.15, 0.2) is 40.5 Å². The lowest BCUT2D eigenvalue weighted by Crippen LogP contribution is -2.52. The maximum atomic E-state index is 13.4. The molecule has 0 radical (unpaired) electrons. The maximum Gasteiger partial charge on any atom is 0.263 e. The van der Waals surface area contributed by atoms with Gasteiger partial charge in [-0.15, -0.1) is 0 Å². The standard InChI is InChI=1S/C20H21N7O3S/c1-13-8-22-19-26(11-14-9-23-25(2)10-14)18(28)16-7-15(3-4-17(16)27(13)19)31(29,30)24-20(12-21)5-6-20/h3-4,7,9-10,13,24H,5-6,8,11H2,1-2H3/t13-/m1/s1. The number of nitrogens with one attached hydrogen (secondary N) is 1. The molecular weight excluding hydrogens is 418 g/mol. The monoisotopic (exact) mass is 439 g/mol. The van der Waals surface area contributed by atoms with Gasteiger partial charge in [0.05, 0.1) is 47.5 Å². The molecule has 3 heterocycles. The molecule has 1 N–H and O–H groups in total. The number of aromatic nitrogens is 2. The summed E-state index contributed by atoms with van der Waals surface area (Å²) in [5.74, 6) is 0.241. The van der Waals surface area contributed by atoms with E-state index in [4.69, 9.17) is 0 Å². The first-order valence-electron chi connectivity index (χ1n) is 9.95. The summed E-state index contributed by atoms with van der Waals surface area (Å²) in [6, 6.07) is 6.57. The molecule has 5 rings (SSSR count). The zero-order valence-electron chi connectivity index (χ0n) is 17.1. The van der Waals surface area contributed by atoms with Crippen LogP contribution in [0.25, 0.3) is 0 Å². The maximum absolute atomic E-state index is 13.4. The first kappa shape index (κ1) is 19.7. The molecule has 11 heteroatoms. The van der Waals surface area contributed by atoms with Gasteiger partial charge in [-0.3, -0.25) is 19.4 Å². The number of benzene rings is 1. The molecule has 10 nitrogen and oxygen atoms in total. The fraction of sp³-hybridized carbons (Fsp3) is 0.400. The second-order valence-corrected chi connectivity index (χ2v) is 9.93. The largest absolute Gasteiger partial charge is 0.307 e. The number of aryl methyl sites for hydroxylation is 1. The lowest BCUT2D eigenvalue weighted by atomic mass is 10.1. The van der Waals surface area contributed by atoms with Crippen molar-refractivity contribution in [3.8, 4) is 6.07 Å². The summed E-state index contributed by atoms with van der Waals surface area (Å²) in [6.07, 6.45) is 4.48. The number of amides is 1. The molecular formula is C20H21N7O3S. The molecule has 31 heavy (non-hydrogen) atoms. The fourth-order valence-corrected chi connectivity index (χ4v) is 5.39. The topological polar surface area (TPSA) is 124 Å². The number of nitrogens with zero attached hydrogens (tertiary/aromatic N) is 6. The second-order valence-electron chi connectivity index (χ2n) is 8.25. The molecule has 1 aromatic heterocycles. The average Bonchev–Trinajstić information content (AvgIpc) is 3.20. The molecule has 3 aliphatic rings. The van der Waals surface area contributed by atoms with Crippen molar-refractivity contribution in [2.75, 3.05) is 11.4 Å². The molecule has 0 bridgehead atoms. The van der Waals surface area contributed by atoms with E-state index in [1.165, 1.54) is 12.1 Å². The van der Waals surface area contributed by atoms with Crippen LogP contribution in [0.2, 0.25) is 0 Å². The van der Waals surface area contributed by atoms with Crippen LogP contribution in [-0.4, -0.2) is 53.1 Å². The molecule has 1 aliphatic carbocycles. The Hall–Kier alpha value is -3.23. The highest BCUT2D eigenvalue weighted by Crippen LogP contribution is 2.38. The number of aliphatic imine (C=N–C) groups is 1. The van der Waals surface area contributed by atoms with Crippen LogP contribution in [0.3, 0.4) is 0 Å². The van der Waals surface area contributed by atoms with Crippen molar-refractivity contribution in [3.63, 3.8) is 0 Å². The molecule has 1 atom stereocenters. The van der Waals surface area contributed by atoms with Gasteiger partial charge in [-0.25, -0.2) is 8.42 Å². The molecule has 0 unspecified atom stereocenters. The van der Waals surface area contributed by atoms with Gasteiger partial charge in [-0.05, 0) is 38.0 Å². The SMILES string of the molecule is C[C@@H]1CN=C2N(Cc3cnn(C)c3)C(=O)c3cc(S(=O)(=O)NC4(C#N)CC4)ccc3N21. The highest BCUT2D eigenvalue weighted by atomic mass is 32.2. The van der Waals surface area contributed by atoms with Crippen LogP contribution in [0.5, 0.6) is 0 Å². The van der Waals surface area contributed by atoms with Crippen LogP contribution >= 0.6 is 0 Å². The number of sulfonamides is 1. The van der Waals surface area contributed by atoms with E-state index in [1.54, 1.807) is 28.9 Å². The van der Waals surface area contributed by atoms with Crippen molar-refractivity contribution in [1.29, 1.82) is 5.26 Å².